The van der Waals surface area contributed by atoms with Gasteiger partial charge in [0, 0.05) is 16.8 Å². The van der Waals surface area contributed by atoms with Gasteiger partial charge in [-0.15, -0.1) is 10.2 Å². The maximum Gasteiger partial charge on any atom is 0.337 e. The van der Waals surface area contributed by atoms with E-state index in [1.54, 1.807) is 48.5 Å². The van der Waals surface area contributed by atoms with E-state index in [1.165, 1.54) is 7.11 Å². The van der Waals surface area contributed by atoms with Crippen LogP contribution < -0.4 is 10.1 Å². The van der Waals surface area contributed by atoms with E-state index in [9.17, 15) is 9.59 Å². The number of carbonyl (C=O) groups excluding carboxylic acids is 2. The number of nitrogens with one attached hydrogen (secondary N) is 1. The lowest BCUT2D eigenvalue weighted by atomic mass is 10.2. The summed E-state index contributed by atoms with van der Waals surface area (Å²) in [7, 11) is 1.31. The van der Waals surface area contributed by atoms with Crippen molar-refractivity contribution in [1.82, 2.24) is 10.2 Å². The van der Waals surface area contributed by atoms with Crippen LogP contribution in [0, 0.1) is 0 Å². The van der Waals surface area contributed by atoms with Crippen molar-refractivity contribution in [2.24, 2.45) is 0 Å². The summed E-state index contributed by atoms with van der Waals surface area (Å²) in [5, 5.41) is 10.9. The molecule has 0 aliphatic rings. The van der Waals surface area contributed by atoms with Crippen molar-refractivity contribution < 1.29 is 23.5 Å². The molecule has 3 aromatic carbocycles. The summed E-state index contributed by atoms with van der Waals surface area (Å²) >= 11 is 0. The molecular weight excluding hydrogens is 410 g/mol. The van der Waals surface area contributed by atoms with E-state index in [2.05, 4.69) is 20.3 Å². The minimum atomic E-state index is -0.438. The van der Waals surface area contributed by atoms with Gasteiger partial charge in [0.1, 0.15) is 5.75 Å². The summed E-state index contributed by atoms with van der Waals surface area (Å²) in [6, 6.07) is 22.9. The number of carbonyl (C=O) groups is 2. The predicted octanol–water partition coefficient (Wildman–Crippen LogP) is 4.21. The average molecular weight is 429 g/mol. The molecule has 0 atom stereocenters. The van der Waals surface area contributed by atoms with Gasteiger partial charge < -0.3 is 19.2 Å². The highest BCUT2D eigenvalue weighted by molar-refractivity contribution is 5.93. The highest BCUT2D eigenvalue weighted by atomic mass is 16.5. The lowest BCUT2D eigenvalue weighted by Gasteiger charge is -2.08. The molecule has 0 spiro atoms. The second-order valence-corrected chi connectivity index (χ2v) is 6.71. The molecule has 0 aliphatic heterocycles. The third-order valence-corrected chi connectivity index (χ3v) is 4.51. The van der Waals surface area contributed by atoms with Crippen molar-refractivity contribution in [1.29, 1.82) is 0 Å². The summed E-state index contributed by atoms with van der Waals surface area (Å²) in [5.41, 5.74) is 2.53. The number of rotatable bonds is 7. The van der Waals surface area contributed by atoms with Gasteiger partial charge in [0.05, 0.1) is 12.7 Å². The minimum absolute atomic E-state index is 0.170. The average Bonchev–Trinajstić information content (AvgIpc) is 3.34. The Morgan fingerprint density at radius 3 is 2.09 bits per heavy atom. The van der Waals surface area contributed by atoms with E-state index in [1.807, 2.05) is 30.3 Å². The minimum Gasteiger partial charge on any atom is -0.484 e. The van der Waals surface area contributed by atoms with Gasteiger partial charge in [-0.3, -0.25) is 4.79 Å². The van der Waals surface area contributed by atoms with Crippen LogP contribution in [0.15, 0.2) is 83.3 Å². The number of hydrogen-bond donors (Lipinski definition) is 1. The van der Waals surface area contributed by atoms with Gasteiger partial charge in [0.25, 0.3) is 5.91 Å². The van der Waals surface area contributed by atoms with Gasteiger partial charge in [-0.25, -0.2) is 4.79 Å². The van der Waals surface area contributed by atoms with Crippen LogP contribution in [0.25, 0.3) is 22.9 Å². The molecular formula is C24H19N3O5. The Balaban J connectivity index is 1.32. The number of ether oxygens (including phenoxy) is 2. The van der Waals surface area contributed by atoms with Crippen molar-refractivity contribution in [2.75, 3.05) is 19.0 Å². The number of hydrogen-bond acceptors (Lipinski definition) is 7. The van der Waals surface area contributed by atoms with Crippen molar-refractivity contribution in [2.45, 2.75) is 0 Å². The summed E-state index contributed by atoms with van der Waals surface area (Å²) in [6.07, 6.45) is 0. The molecule has 4 rings (SSSR count). The fourth-order valence-corrected chi connectivity index (χ4v) is 2.88. The zero-order valence-electron chi connectivity index (χ0n) is 17.1. The molecule has 8 heteroatoms. The Hall–Kier alpha value is -4.46. The summed E-state index contributed by atoms with van der Waals surface area (Å²) < 4.78 is 15.9. The number of esters is 1. The van der Waals surface area contributed by atoms with Gasteiger partial charge in [0.15, 0.2) is 6.61 Å². The third kappa shape index (κ3) is 4.99. The molecule has 0 saturated carbocycles. The van der Waals surface area contributed by atoms with Crippen LogP contribution in [-0.4, -0.2) is 35.8 Å². The zero-order chi connectivity index (χ0) is 22.3. The van der Waals surface area contributed by atoms with E-state index in [0.717, 1.165) is 11.1 Å². The van der Waals surface area contributed by atoms with Crippen molar-refractivity contribution in [3.05, 3.63) is 84.4 Å². The largest absolute Gasteiger partial charge is 0.484 e. The lowest BCUT2D eigenvalue weighted by Crippen LogP contribution is -2.20. The summed E-state index contributed by atoms with van der Waals surface area (Å²) in [4.78, 5) is 23.6. The van der Waals surface area contributed by atoms with Crippen LogP contribution >= 0.6 is 0 Å². The quantitative estimate of drug-likeness (QED) is 0.439. The first-order valence-corrected chi connectivity index (χ1v) is 9.73. The van der Waals surface area contributed by atoms with Crippen LogP contribution in [0.1, 0.15) is 10.4 Å². The smallest absolute Gasteiger partial charge is 0.337 e. The Kier molecular flexibility index (Phi) is 6.22. The number of aromatic nitrogens is 2. The highest BCUT2D eigenvalue weighted by Crippen LogP contribution is 2.25. The monoisotopic (exact) mass is 429 g/mol. The molecule has 0 radical (unpaired) electrons. The molecule has 0 unspecified atom stereocenters. The van der Waals surface area contributed by atoms with Gasteiger partial charge >= 0.3 is 5.97 Å². The van der Waals surface area contributed by atoms with E-state index >= 15 is 0 Å². The zero-order valence-corrected chi connectivity index (χ0v) is 17.1. The first-order valence-electron chi connectivity index (χ1n) is 9.73. The highest BCUT2D eigenvalue weighted by Gasteiger charge is 2.11. The molecule has 1 aromatic heterocycles. The molecule has 1 heterocycles. The van der Waals surface area contributed by atoms with Crippen LogP contribution in [-0.2, 0) is 9.53 Å². The van der Waals surface area contributed by atoms with E-state index in [0.29, 0.717) is 28.8 Å². The molecule has 4 aromatic rings. The molecule has 0 saturated heterocycles. The predicted molar refractivity (Wildman–Crippen MR) is 117 cm³/mol. The first-order chi connectivity index (χ1) is 15.6. The van der Waals surface area contributed by atoms with Gasteiger partial charge in [-0.05, 0) is 60.7 Å². The standard InChI is InChI=1S/C24H19N3O5/c1-30-24(29)18-7-11-19(12-8-18)25-21(28)15-31-20-13-9-17(10-14-20)23-27-26-22(32-23)16-5-3-2-4-6-16/h2-14H,15H2,1H3,(H,25,28). The van der Waals surface area contributed by atoms with Gasteiger partial charge in [0.2, 0.25) is 11.8 Å². The Bertz CT molecular complexity index is 1200. The fraction of sp³-hybridized carbons (Fsp3) is 0.0833. The van der Waals surface area contributed by atoms with E-state index in [4.69, 9.17) is 9.15 Å². The summed E-state index contributed by atoms with van der Waals surface area (Å²) in [5.74, 6) is 0.587. The van der Waals surface area contributed by atoms with E-state index in [-0.39, 0.29) is 12.5 Å². The maximum absolute atomic E-state index is 12.1. The number of anilines is 1. The molecule has 160 valence electrons. The number of amides is 1. The number of benzene rings is 3. The lowest BCUT2D eigenvalue weighted by molar-refractivity contribution is -0.118. The Morgan fingerprint density at radius 1 is 0.844 bits per heavy atom. The molecule has 32 heavy (non-hydrogen) atoms. The first kappa shape index (κ1) is 20.8. The second-order valence-electron chi connectivity index (χ2n) is 6.71. The fourth-order valence-electron chi connectivity index (χ4n) is 2.88. The molecule has 0 bridgehead atoms. The molecule has 1 amide bonds. The van der Waals surface area contributed by atoms with Crippen LogP contribution in [0.4, 0.5) is 5.69 Å². The second kappa shape index (κ2) is 9.57. The molecule has 0 aliphatic carbocycles. The summed E-state index contributed by atoms with van der Waals surface area (Å²) in [6.45, 7) is -0.170. The third-order valence-electron chi connectivity index (χ3n) is 4.51. The van der Waals surface area contributed by atoms with Crippen molar-refractivity contribution in [3.63, 3.8) is 0 Å². The van der Waals surface area contributed by atoms with Crippen LogP contribution in [0.5, 0.6) is 5.75 Å². The Labute approximate surface area is 183 Å². The molecule has 8 nitrogen and oxygen atoms in total. The SMILES string of the molecule is COC(=O)c1ccc(NC(=O)COc2ccc(-c3nnc(-c4ccccc4)o3)cc2)cc1. The van der Waals surface area contributed by atoms with Crippen molar-refractivity contribution in [3.8, 4) is 28.7 Å². The number of nitrogens with zero attached hydrogens (tertiary/aromatic N) is 2. The van der Waals surface area contributed by atoms with Gasteiger partial charge in [-0.1, -0.05) is 18.2 Å². The number of methoxy groups -OCH3 is 1. The molecule has 0 fully saturated rings. The Morgan fingerprint density at radius 2 is 1.47 bits per heavy atom. The molecule has 1 N–H and O–H groups in total. The normalized spacial score (nSPS) is 10.4. The van der Waals surface area contributed by atoms with Gasteiger partial charge in [-0.2, -0.15) is 0 Å². The van der Waals surface area contributed by atoms with Crippen LogP contribution in [0.2, 0.25) is 0 Å². The topological polar surface area (TPSA) is 104 Å². The van der Waals surface area contributed by atoms with Crippen molar-refractivity contribution >= 4 is 17.6 Å². The van der Waals surface area contributed by atoms with E-state index < -0.39 is 5.97 Å². The maximum atomic E-state index is 12.1. The van der Waals surface area contributed by atoms with Crippen LogP contribution in [0.3, 0.4) is 0 Å².